The Morgan fingerprint density at radius 1 is 1.03 bits per heavy atom. The fraction of sp³-hybridized carbons (Fsp3) is 0.320. The first-order chi connectivity index (χ1) is 15.2. The molecule has 0 unspecified atom stereocenters. The van der Waals surface area contributed by atoms with Crippen molar-refractivity contribution in [3.63, 3.8) is 0 Å². The monoisotopic (exact) mass is 417 g/mol. The molecule has 0 bridgehead atoms. The van der Waals surface area contributed by atoms with Crippen LogP contribution >= 0.6 is 0 Å². The summed E-state index contributed by atoms with van der Waals surface area (Å²) in [5.41, 5.74) is 3.16. The third-order valence-electron chi connectivity index (χ3n) is 6.14. The highest BCUT2D eigenvalue weighted by molar-refractivity contribution is 5.89. The summed E-state index contributed by atoms with van der Waals surface area (Å²) in [6.45, 7) is 3.44. The molecule has 2 aromatic heterocycles. The normalized spacial score (nSPS) is 17.0. The molecule has 6 nitrogen and oxygen atoms in total. The van der Waals surface area contributed by atoms with E-state index in [1.807, 2.05) is 54.6 Å². The maximum Gasteiger partial charge on any atom is 0.257 e. The number of nitrogens with zero attached hydrogens (tertiary/aromatic N) is 1. The van der Waals surface area contributed by atoms with Gasteiger partial charge in [-0.1, -0.05) is 18.2 Å². The predicted molar refractivity (Wildman–Crippen MR) is 124 cm³/mol. The minimum Gasteiger partial charge on any atom is -0.492 e. The lowest BCUT2D eigenvalue weighted by atomic mass is 10.1. The van der Waals surface area contributed by atoms with Crippen LogP contribution in [0.2, 0.25) is 0 Å². The first-order valence-corrected chi connectivity index (χ1v) is 10.8. The lowest BCUT2D eigenvalue weighted by Gasteiger charge is -2.23. The van der Waals surface area contributed by atoms with Gasteiger partial charge in [0.15, 0.2) is 0 Å². The molecule has 0 radical (unpaired) electrons. The summed E-state index contributed by atoms with van der Waals surface area (Å²) in [4.78, 5) is 21.4. The molecule has 2 N–H and O–H groups in total. The van der Waals surface area contributed by atoms with E-state index in [1.165, 1.54) is 12.8 Å². The quantitative estimate of drug-likeness (QED) is 0.474. The molecule has 160 valence electrons. The highest BCUT2D eigenvalue weighted by Gasteiger charge is 2.23. The van der Waals surface area contributed by atoms with Gasteiger partial charge in [-0.15, -0.1) is 0 Å². The van der Waals surface area contributed by atoms with E-state index in [2.05, 4.69) is 14.9 Å². The van der Waals surface area contributed by atoms with Gasteiger partial charge in [0.2, 0.25) is 0 Å². The van der Waals surface area contributed by atoms with Gasteiger partial charge in [0.25, 0.3) is 5.56 Å². The van der Waals surface area contributed by atoms with Gasteiger partial charge in [-0.2, -0.15) is 0 Å². The Morgan fingerprint density at radius 3 is 2.81 bits per heavy atom. The molecule has 1 saturated heterocycles. The number of likely N-dealkylation sites (tertiary alicyclic amines) is 1. The van der Waals surface area contributed by atoms with Crippen LogP contribution in [0.5, 0.6) is 5.75 Å². The smallest absolute Gasteiger partial charge is 0.257 e. The molecule has 0 aliphatic carbocycles. The largest absolute Gasteiger partial charge is 0.492 e. The van der Waals surface area contributed by atoms with Crippen molar-refractivity contribution in [1.82, 2.24) is 14.9 Å². The highest BCUT2D eigenvalue weighted by Crippen LogP contribution is 2.27. The van der Waals surface area contributed by atoms with Crippen LogP contribution in [-0.2, 0) is 4.74 Å². The Kier molecular flexibility index (Phi) is 5.49. The third kappa shape index (κ3) is 4.09. The van der Waals surface area contributed by atoms with Crippen molar-refractivity contribution in [1.29, 1.82) is 0 Å². The molecule has 1 aliphatic rings. The van der Waals surface area contributed by atoms with Crippen LogP contribution < -0.4 is 10.3 Å². The fourth-order valence-corrected chi connectivity index (χ4v) is 4.54. The van der Waals surface area contributed by atoms with Crippen molar-refractivity contribution in [2.24, 2.45) is 0 Å². The van der Waals surface area contributed by atoms with E-state index in [0.717, 1.165) is 52.9 Å². The number of hydrogen-bond acceptors (Lipinski definition) is 4. The summed E-state index contributed by atoms with van der Waals surface area (Å²) < 4.78 is 11.4. The molecule has 2 aromatic carbocycles. The number of benzene rings is 2. The zero-order chi connectivity index (χ0) is 21.2. The SMILES string of the molecule is COC[C@H]1CCCN1CCOc1ccc2[nH]c(-c3cc4ccccc4[nH]c3=O)cc2c1. The van der Waals surface area contributed by atoms with Gasteiger partial charge in [0.05, 0.1) is 17.9 Å². The van der Waals surface area contributed by atoms with Gasteiger partial charge in [-0.05, 0) is 61.2 Å². The summed E-state index contributed by atoms with van der Waals surface area (Å²) in [5, 5.41) is 2.03. The first-order valence-electron chi connectivity index (χ1n) is 10.8. The molecule has 0 saturated carbocycles. The van der Waals surface area contributed by atoms with Crippen LogP contribution in [0.3, 0.4) is 0 Å². The van der Waals surface area contributed by atoms with E-state index in [1.54, 1.807) is 7.11 Å². The van der Waals surface area contributed by atoms with Gasteiger partial charge in [0, 0.05) is 36.1 Å². The summed E-state index contributed by atoms with van der Waals surface area (Å²) in [7, 11) is 1.76. The molecule has 1 atom stereocenters. The second-order valence-corrected chi connectivity index (χ2v) is 8.17. The number of nitrogens with one attached hydrogen (secondary N) is 2. The maximum absolute atomic E-state index is 12.6. The van der Waals surface area contributed by atoms with Crippen LogP contribution in [0.1, 0.15) is 12.8 Å². The summed E-state index contributed by atoms with van der Waals surface area (Å²) in [6, 6.07) is 18.3. The molecule has 0 amide bonds. The van der Waals surface area contributed by atoms with Crippen LogP contribution in [0.4, 0.5) is 0 Å². The van der Waals surface area contributed by atoms with E-state index in [-0.39, 0.29) is 5.56 Å². The lowest BCUT2D eigenvalue weighted by molar-refractivity contribution is 0.105. The van der Waals surface area contributed by atoms with Crippen molar-refractivity contribution >= 4 is 21.8 Å². The van der Waals surface area contributed by atoms with Crippen molar-refractivity contribution in [2.45, 2.75) is 18.9 Å². The first kappa shape index (κ1) is 19.8. The van der Waals surface area contributed by atoms with Crippen LogP contribution in [0, 0.1) is 0 Å². The van der Waals surface area contributed by atoms with Crippen molar-refractivity contribution in [3.8, 4) is 17.0 Å². The van der Waals surface area contributed by atoms with Crippen LogP contribution in [-0.4, -0.2) is 54.3 Å². The molecule has 5 rings (SSSR count). The number of hydrogen-bond donors (Lipinski definition) is 2. The van der Waals surface area contributed by atoms with Gasteiger partial charge in [0.1, 0.15) is 12.4 Å². The molecule has 31 heavy (non-hydrogen) atoms. The Bertz CT molecular complexity index is 1260. The van der Waals surface area contributed by atoms with Gasteiger partial charge in [-0.25, -0.2) is 0 Å². The molecular weight excluding hydrogens is 390 g/mol. The fourth-order valence-electron chi connectivity index (χ4n) is 4.54. The zero-order valence-corrected chi connectivity index (χ0v) is 17.7. The van der Waals surface area contributed by atoms with Gasteiger partial charge in [-0.3, -0.25) is 9.69 Å². The zero-order valence-electron chi connectivity index (χ0n) is 17.7. The third-order valence-corrected chi connectivity index (χ3v) is 6.14. The van der Waals surface area contributed by atoms with Crippen molar-refractivity contribution in [3.05, 3.63) is 65.0 Å². The molecule has 1 fully saturated rings. The van der Waals surface area contributed by atoms with Gasteiger partial charge < -0.3 is 19.4 Å². The Labute approximate surface area is 180 Å². The van der Waals surface area contributed by atoms with Crippen LogP contribution in [0.15, 0.2) is 59.4 Å². The standard InChI is InChI=1S/C25H27N3O3/c1-30-16-19-6-4-10-28(19)11-12-31-20-8-9-23-18(13-20)15-24(26-23)21-14-17-5-2-3-7-22(17)27-25(21)29/h2-3,5,7-9,13-15,19,26H,4,6,10-12,16H2,1H3,(H,27,29)/t19-/m1/s1. The van der Waals surface area contributed by atoms with Crippen molar-refractivity contribution in [2.75, 3.05) is 33.4 Å². The number of para-hydroxylation sites is 1. The number of aromatic nitrogens is 2. The minimum atomic E-state index is -0.0991. The van der Waals surface area contributed by atoms with Crippen LogP contribution in [0.25, 0.3) is 33.1 Å². The molecule has 1 aliphatic heterocycles. The van der Waals surface area contributed by atoms with E-state index in [0.29, 0.717) is 18.2 Å². The summed E-state index contributed by atoms with van der Waals surface area (Å²) in [6.07, 6.45) is 2.42. The highest BCUT2D eigenvalue weighted by atomic mass is 16.5. The van der Waals surface area contributed by atoms with E-state index >= 15 is 0 Å². The predicted octanol–water partition coefficient (Wildman–Crippen LogP) is 4.17. The molecule has 3 heterocycles. The molecular formula is C25H27N3O3. The number of pyridine rings is 1. The van der Waals surface area contributed by atoms with E-state index in [9.17, 15) is 4.79 Å². The molecule has 0 spiro atoms. The number of ether oxygens (including phenoxy) is 2. The number of rotatable bonds is 7. The second-order valence-electron chi connectivity index (χ2n) is 8.17. The average molecular weight is 418 g/mol. The van der Waals surface area contributed by atoms with Gasteiger partial charge >= 0.3 is 0 Å². The minimum absolute atomic E-state index is 0.0991. The number of methoxy groups -OCH3 is 1. The number of fused-ring (bicyclic) bond motifs is 2. The molecule has 6 heteroatoms. The second kappa shape index (κ2) is 8.57. The molecule has 4 aromatic rings. The van der Waals surface area contributed by atoms with E-state index < -0.39 is 0 Å². The average Bonchev–Trinajstić information content (AvgIpc) is 3.40. The number of H-pyrrole nitrogens is 2. The topological polar surface area (TPSA) is 70.3 Å². The number of aromatic amines is 2. The lowest BCUT2D eigenvalue weighted by Crippen LogP contribution is -2.35. The Morgan fingerprint density at radius 2 is 1.90 bits per heavy atom. The van der Waals surface area contributed by atoms with Crippen molar-refractivity contribution < 1.29 is 9.47 Å². The summed E-state index contributed by atoms with van der Waals surface area (Å²) >= 11 is 0. The Balaban J connectivity index is 1.32. The Hall–Kier alpha value is -3.09. The summed E-state index contributed by atoms with van der Waals surface area (Å²) in [5.74, 6) is 0.841. The van der Waals surface area contributed by atoms with E-state index in [4.69, 9.17) is 9.47 Å². The maximum atomic E-state index is 12.6.